The molecule has 1 saturated heterocycles. The van der Waals surface area contributed by atoms with Crippen molar-refractivity contribution < 1.29 is 14.4 Å². The Bertz CT molecular complexity index is 1270. The summed E-state index contributed by atoms with van der Waals surface area (Å²) in [6.07, 6.45) is 1.85. The van der Waals surface area contributed by atoms with E-state index in [1.54, 1.807) is 4.90 Å². The van der Waals surface area contributed by atoms with Crippen LogP contribution in [0.4, 0.5) is 0 Å². The lowest BCUT2D eigenvalue weighted by Gasteiger charge is -2.27. The van der Waals surface area contributed by atoms with E-state index in [0.29, 0.717) is 25.9 Å². The van der Waals surface area contributed by atoms with Gasteiger partial charge in [0.2, 0.25) is 11.8 Å². The van der Waals surface area contributed by atoms with Gasteiger partial charge in [-0.25, -0.2) is 0 Å². The average Bonchev–Trinajstić information content (AvgIpc) is 3.48. The zero-order chi connectivity index (χ0) is 24.1. The zero-order valence-electron chi connectivity index (χ0n) is 19.6. The molecule has 3 aromatic rings. The van der Waals surface area contributed by atoms with Gasteiger partial charge in [0.05, 0.1) is 24.2 Å². The van der Waals surface area contributed by atoms with Gasteiger partial charge in [0, 0.05) is 30.8 Å². The van der Waals surface area contributed by atoms with E-state index < -0.39 is 0 Å². The number of carbonyl (C=O) groups is 3. The van der Waals surface area contributed by atoms with Crippen LogP contribution in [0.2, 0.25) is 0 Å². The molecule has 0 bridgehead atoms. The monoisotopic (exact) mass is 455 g/mol. The van der Waals surface area contributed by atoms with E-state index in [2.05, 4.69) is 22.1 Å². The number of rotatable bonds is 6. The summed E-state index contributed by atoms with van der Waals surface area (Å²) in [5.74, 6) is 5.63. The fourth-order valence-electron chi connectivity index (χ4n) is 4.48. The minimum Gasteiger partial charge on any atom is -0.348 e. The van der Waals surface area contributed by atoms with Gasteiger partial charge in [0.1, 0.15) is 0 Å². The highest BCUT2D eigenvalue weighted by atomic mass is 16.2. The molecule has 6 heteroatoms. The smallest absolute Gasteiger partial charge is 0.230 e. The van der Waals surface area contributed by atoms with Gasteiger partial charge in [-0.3, -0.25) is 14.4 Å². The zero-order valence-corrected chi connectivity index (χ0v) is 19.6. The second kappa shape index (κ2) is 10.4. The number of aromatic amines is 1. The fourth-order valence-corrected chi connectivity index (χ4v) is 4.48. The van der Waals surface area contributed by atoms with E-state index in [0.717, 1.165) is 34.1 Å². The number of carbonyl (C=O) groups excluding carboxylic acids is 3. The molecule has 1 fully saturated rings. The number of Topliss-reactive ketones (excluding diaryl/α,β-unsaturated/α-hetero) is 1. The van der Waals surface area contributed by atoms with Crippen molar-refractivity contribution in [3.63, 3.8) is 0 Å². The number of hydrogen-bond donors (Lipinski definition) is 2. The van der Waals surface area contributed by atoms with Crippen molar-refractivity contribution in [1.82, 2.24) is 15.2 Å². The molecule has 0 unspecified atom stereocenters. The molecule has 174 valence electrons. The van der Waals surface area contributed by atoms with Crippen LogP contribution in [0, 0.1) is 11.8 Å². The Kier molecular flexibility index (Phi) is 7.12. The predicted octanol–water partition coefficient (Wildman–Crippen LogP) is 3.56. The second-order valence-corrected chi connectivity index (χ2v) is 8.78. The summed E-state index contributed by atoms with van der Waals surface area (Å²) in [5, 5.41) is 3.62. The van der Waals surface area contributed by atoms with Gasteiger partial charge in [-0.2, -0.15) is 0 Å². The molecule has 0 aliphatic carbocycles. The molecule has 4 rings (SSSR count). The van der Waals surface area contributed by atoms with Crippen molar-refractivity contribution in [2.45, 2.75) is 45.1 Å². The van der Waals surface area contributed by atoms with Crippen molar-refractivity contribution in [2.24, 2.45) is 0 Å². The van der Waals surface area contributed by atoms with Crippen LogP contribution in [0.1, 0.15) is 49.4 Å². The molecule has 0 spiro atoms. The molecule has 2 heterocycles. The maximum Gasteiger partial charge on any atom is 0.230 e. The highest BCUT2D eigenvalue weighted by molar-refractivity contribution is 5.93. The highest BCUT2D eigenvalue weighted by Crippen LogP contribution is 2.26. The summed E-state index contributed by atoms with van der Waals surface area (Å²) < 4.78 is 0. The summed E-state index contributed by atoms with van der Waals surface area (Å²) in [7, 11) is 0. The number of aromatic nitrogens is 1. The summed E-state index contributed by atoms with van der Waals surface area (Å²) in [4.78, 5) is 42.3. The number of H-pyrrole nitrogens is 1. The van der Waals surface area contributed by atoms with Gasteiger partial charge in [0.15, 0.2) is 5.78 Å². The first kappa shape index (κ1) is 23.3. The van der Waals surface area contributed by atoms with Gasteiger partial charge in [0.25, 0.3) is 0 Å². The van der Waals surface area contributed by atoms with Crippen molar-refractivity contribution in [2.75, 3.05) is 13.1 Å². The Morgan fingerprint density at radius 2 is 1.94 bits per heavy atom. The van der Waals surface area contributed by atoms with E-state index >= 15 is 0 Å². The fraction of sp³-hybridized carbons (Fsp3) is 0.321. The van der Waals surface area contributed by atoms with Crippen molar-refractivity contribution in [3.8, 4) is 11.8 Å². The number of nitrogens with zero attached hydrogens (tertiary/aromatic N) is 1. The molecule has 6 nitrogen and oxygen atoms in total. The molecule has 2 atom stereocenters. The molecule has 34 heavy (non-hydrogen) atoms. The van der Waals surface area contributed by atoms with Gasteiger partial charge >= 0.3 is 0 Å². The van der Waals surface area contributed by atoms with Crippen molar-refractivity contribution >= 4 is 28.5 Å². The third kappa shape index (κ3) is 5.37. The standard InChI is InChI=1S/C28H29N3O3/c1-19(22-8-4-3-5-9-22)28(34)31-15-7-11-26(31)27(33)17-21-12-13-25-23(16-21)18-24(30-25)10-6-14-29-20(2)32/h3-5,8-9,12-13,16,18-19,26,30H,7,11,14-15,17H2,1-2H3,(H,29,32)/t19-,26+/m1/s1. The lowest BCUT2D eigenvalue weighted by molar-refractivity contribution is -0.138. The maximum atomic E-state index is 13.2. The highest BCUT2D eigenvalue weighted by Gasteiger charge is 2.35. The van der Waals surface area contributed by atoms with Crippen LogP contribution < -0.4 is 5.32 Å². The summed E-state index contributed by atoms with van der Waals surface area (Å²) in [5.41, 5.74) is 3.59. The lowest BCUT2D eigenvalue weighted by atomic mass is 9.97. The molecule has 2 aromatic carbocycles. The van der Waals surface area contributed by atoms with Crippen LogP contribution in [-0.2, 0) is 20.8 Å². The molecule has 0 radical (unpaired) electrons. The quantitative estimate of drug-likeness (QED) is 0.558. The van der Waals surface area contributed by atoms with Crippen LogP contribution in [0.15, 0.2) is 54.6 Å². The minimum atomic E-state index is -0.365. The second-order valence-electron chi connectivity index (χ2n) is 8.78. The van der Waals surface area contributed by atoms with E-state index in [9.17, 15) is 14.4 Å². The van der Waals surface area contributed by atoms with Crippen LogP contribution in [0.25, 0.3) is 10.9 Å². The number of hydrogen-bond acceptors (Lipinski definition) is 3. The van der Waals surface area contributed by atoms with E-state index in [-0.39, 0.29) is 29.6 Å². The van der Waals surface area contributed by atoms with Gasteiger partial charge in [-0.1, -0.05) is 42.3 Å². The number of benzene rings is 2. The maximum absolute atomic E-state index is 13.2. The van der Waals surface area contributed by atoms with Gasteiger partial charge < -0.3 is 15.2 Å². The number of likely N-dealkylation sites (tertiary alicyclic amines) is 1. The van der Waals surface area contributed by atoms with Gasteiger partial charge in [-0.15, -0.1) is 0 Å². The summed E-state index contributed by atoms with van der Waals surface area (Å²) in [6, 6.07) is 17.2. The Morgan fingerprint density at radius 1 is 1.15 bits per heavy atom. The van der Waals surface area contributed by atoms with E-state index in [4.69, 9.17) is 0 Å². The first-order chi connectivity index (χ1) is 16.4. The van der Waals surface area contributed by atoms with Crippen molar-refractivity contribution in [3.05, 3.63) is 71.4 Å². The molecular weight excluding hydrogens is 426 g/mol. The number of nitrogens with one attached hydrogen (secondary N) is 2. The number of fused-ring (bicyclic) bond motifs is 1. The molecular formula is C28H29N3O3. The third-order valence-corrected chi connectivity index (χ3v) is 6.29. The van der Waals surface area contributed by atoms with Crippen molar-refractivity contribution in [1.29, 1.82) is 0 Å². The molecule has 2 amide bonds. The minimum absolute atomic E-state index is 0.0191. The predicted molar refractivity (Wildman–Crippen MR) is 132 cm³/mol. The Balaban J connectivity index is 1.43. The van der Waals surface area contributed by atoms with Crippen LogP contribution >= 0.6 is 0 Å². The molecule has 1 aliphatic heterocycles. The number of ketones is 1. The van der Waals surface area contributed by atoms with E-state index in [1.807, 2.05) is 61.5 Å². The Hall–Kier alpha value is -3.85. The first-order valence-electron chi connectivity index (χ1n) is 11.7. The Morgan fingerprint density at radius 3 is 2.71 bits per heavy atom. The topological polar surface area (TPSA) is 82.3 Å². The average molecular weight is 456 g/mol. The summed E-state index contributed by atoms with van der Waals surface area (Å²) in [6.45, 7) is 4.29. The van der Waals surface area contributed by atoms with Crippen LogP contribution in [0.5, 0.6) is 0 Å². The SMILES string of the molecule is CC(=O)NCC#Cc1cc2cc(CC(=O)[C@@H]3CCCN3C(=O)[C@H](C)c3ccccc3)ccc2[nH]1. The molecule has 1 aliphatic rings. The molecule has 2 N–H and O–H groups in total. The number of amides is 2. The summed E-state index contributed by atoms with van der Waals surface area (Å²) >= 11 is 0. The third-order valence-electron chi connectivity index (χ3n) is 6.29. The lowest BCUT2D eigenvalue weighted by Crippen LogP contribution is -2.43. The molecule has 0 saturated carbocycles. The first-order valence-corrected chi connectivity index (χ1v) is 11.7. The molecule has 1 aromatic heterocycles. The Labute approximate surface area is 199 Å². The van der Waals surface area contributed by atoms with Crippen LogP contribution in [0.3, 0.4) is 0 Å². The normalized spacial score (nSPS) is 16.1. The van der Waals surface area contributed by atoms with Crippen LogP contribution in [-0.4, -0.2) is 46.6 Å². The van der Waals surface area contributed by atoms with Gasteiger partial charge in [-0.05, 0) is 55.0 Å². The largest absolute Gasteiger partial charge is 0.348 e. The van der Waals surface area contributed by atoms with E-state index in [1.165, 1.54) is 6.92 Å².